The lowest BCUT2D eigenvalue weighted by Gasteiger charge is -2.23. The number of nitrogens with zero attached hydrogens (tertiary/aromatic N) is 2. The minimum absolute atomic E-state index is 0.0272. The molecule has 3 rings (SSSR count). The van der Waals surface area contributed by atoms with E-state index >= 15 is 0 Å². The molecule has 0 atom stereocenters. The molecule has 0 aliphatic carbocycles. The smallest absolute Gasteiger partial charge is 0.254 e. The number of carbonyl (C=O) groups is 1. The van der Waals surface area contributed by atoms with Gasteiger partial charge < -0.3 is 14.4 Å². The summed E-state index contributed by atoms with van der Waals surface area (Å²) in [5.74, 6) is 0.885. The fraction of sp³-hybridized carbons (Fsp3) is 0.409. The van der Waals surface area contributed by atoms with Crippen LogP contribution < -0.4 is 9.47 Å². The van der Waals surface area contributed by atoms with E-state index in [2.05, 4.69) is 36.1 Å². The Morgan fingerprint density at radius 3 is 2.57 bits per heavy atom. The van der Waals surface area contributed by atoms with E-state index in [-0.39, 0.29) is 5.91 Å². The SMILES string of the molecule is COc1cc(C(=O)N2CCCN(Cc3ccccc3C)CC2)cc(Cl)c1OC. The molecule has 0 bridgehead atoms. The van der Waals surface area contributed by atoms with Crippen molar-refractivity contribution < 1.29 is 14.3 Å². The quantitative estimate of drug-likeness (QED) is 0.757. The second-order valence-electron chi connectivity index (χ2n) is 7.04. The van der Waals surface area contributed by atoms with Crippen molar-refractivity contribution in [1.29, 1.82) is 0 Å². The van der Waals surface area contributed by atoms with Gasteiger partial charge in [0, 0.05) is 38.3 Å². The van der Waals surface area contributed by atoms with E-state index < -0.39 is 0 Å². The average molecular weight is 403 g/mol. The van der Waals surface area contributed by atoms with Gasteiger partial charge in [-0.05, 0) is 36.6 Å². The zero-order valence-electron chi connectivity index (χ0n) is 16.7. The van der Waals surface area contributed by atoms with Gasteiger partial charge in [0.15, 0.2) is 11.5 Å². The largest absolute Gasteiger partial charge is 0.493 e. The topological polar surface area (TPSA) is 42.0 Å². The Labute approximate surface area is 171 Å². The van der Waals surface area contributed by atoms with E-state index in [4.69, 9.17) is 21.1 Å². The van der Waals surface area contributed by atoms with Crippen molar-refractivity contribution in [3.63, 3.8) is 0 Å². The molecule has 0 unspecified atom stereocenters. The lowest BCUT2D eigenvalue weighted by atomic mass is 10.1. The van der Waals surface area contributed by atoms with Crippen molar-refractivity contribution in [3.8, 4) is 11.5 Å². The maximum Gasteiger partial charge on any atom is 0.254 e. The Kier molecular flexibility index (Phi) is 6.81. The number of carbonyl (C=O) groups excluding carboxylic acids is 1. The average Bonchev–Trinajstić information content (AvgIpc) is 2.94. The summed E-state index contributed by atoms with van der Waals surface area (Å²) >= 11 is 6.27. The molecule has 1 amide bonds. The first-order chi connectivity index (χ1) is 13.5. The Bertz CT molecular complexity index is 841. The number of hydrogen-bond acceptors (Lipinski definition) is 4. The molecule has 2 aromatic carbocycles. The molecule has 0 N–H and O–H groups in total. The molecule has 0 aromatic heterocycles. The lowest BCUT2D eigenvalue weighted by molar-refractivity contribution is 0.0760. The van der Waals surface area contributed by atoms with Crippen LogP contribution in [-0.4, -0.2) is 56.1 Å². The minimum atomic E-state index is -0.0272. The Balaban J connectivity index is 1.69. The lowest BCUT2D eigenvalue weighted by Crippen LogP contribution is -2.35. The molecule has 0 radical (unpaired) electrons. The molecular weight excluding hydrogens is 376 g/mol. The number of hydrogen-bond donors (Lipinski definition) is 0. The molecule has 5 nitrogen and oxygen atoms in total. The molecule has 0 saturated carbocycles. The molecule has 28 heavy (non-hydrogen) atoms. The van der Waals surface area contributed by atoms with Gasteiger partial charge in [0.25, 0.3) is 5.91 Å². The highest BCUT2D eigenvalue weighted by Gasteiger charge is 2.23. The fourth-order valence-electron chi connectivity index (χ4n) is 3.58. The molecule has 150 valence electrons. The van der Waals surface area contributed by atoms with Crippen molar-refractivity contribution in [2.75, 3.05) is 40.4 Å². The second kappa shape index (κ2) is 9.30. The number of ether oxygens (including phenoxy) is 2. The first kappa shape index (κ1) is 20.5. The Morgan fingerprint density at radius 1 is 1.07 bits per heavy atom. The van der Waals surface area contributed by atoms with Gasteiger partial charge in [-0.25, -0.2) is 0 Å². The van der Waals surface area contributed by atoms with Gasteiger partial charge in [0.05, 0.1) is 19.2 Å². The molecule has 2 aromatic rings. The van der Waals surface area contributed by atoms with Crippen LogP contribution in [0.2, 0.25) is 5.02 Å². The summed E-state index contributed by atoms with van der Waals surface area (Å²) in [6.07, 6.45) is 0.943. The number of benzene rings is 2. The van der Waals surface area contributed by atoms with Crippen LogP contribution in [0.15, 0.2) is 36.4 Å². The zero-order valence-corrected chi connectivity index (χ0v) is 17.5. The highest BCUT2D eigenvalue weighted by Crippen LogP contribution is 2.36. The van der Waals surface area contributed by atoms with Crippen LogP contribution in [0.4, 0.5) is 0 Å². The van der Waals surface area contributed by atoms with Crippen LogP contribution in [0.3, 0.4) is 0 Å². The van der Waals surface area contributed by atoms with E-state index in [1.165, 1.54) is 25.3 Å². The first-order valence-corrected chi connectivity index (χ1v) is 9.89. The van der Waals surface area contributed by atoms with E-state index in [0.717, 1.165) is 32.6 Å². The van der Waals surface area contributed by atoms with Crippen LogP contribution in [0.1, 0.15) is 27.9 Å². The molecule has 1 heterocycles. The van der Waals surface area contributed by atoms with Crippen LogP contribution >= 0.6 is 11.6 Å². The maximum absolute atomic E-state index is 13.0. The summed E-state index contributed by atoms with van der Waals surface area (Å²) in [5, 5.41) is 0.376. The molecule has 1 aliphatic rings. The third-order valence-electron chi connectivity index (χ3n) is 5.21. The predicted octanol–water partition coefficient (Wildman–Crippen LogP) is 4.01. The second-order valence-corrected chi connectivity index (χ2v) is 7.45. The number of amides is 1. The summed E-state index contributed by atoms with van der Waals surface area (Å²) in [6.45, 7) is 6.30. The molecule has 1 fully saturated rings. The third-order valence-corrected chi connectivity index (χ3v) is 5.49. The molecule has 6 heteroatoms. The Hall–Kier alpha value is -2.24. The van der Waals surface area contributed by atoms with Crippen LogP contribution in [0.5, 0.6) is 11.5 Å². The summed E-state index contributed by atoms with van der Waals surface area (Å²) in [7, 11) is 3.07. The van der Waals surface area contributed by atoms with Crippen LogP contribution in [-0.2, 0) is 6.54 Å². The monoisotopic (exact) mass is 402 g/mol. The predicted molar refractivity (Wildman–Crippen MR) is 112 cm³/mol. The third kappa shape index (κ3) is 4.59. The number of aryl methyl sites for hydroxylation is 1. The van der Waals surface area contributed by atoms with Crippen molar-refractivity contribution in [2.45, 2.75) is 19.9 Å². The van der Waals surface area contributed by atoms with Crippen molar-refractivity contribution in [3.05, 3.63) is 58.1 Å². The van der Waals surface area contributed by atoms with E-state index in [9.17, 15) is 4.79 Å². The van der Waals surface area contributed by atoms with E-state index in [1.54, 1.807) is 12.1 Å². The van der Waals surface area contributed by atoms with Gasteiger partial charge in [-0.1, -0.05) is 35.9 Å². The zero-order chi connectivity index (χ0) is 20.1. The van der Waals surface area contributed by atoms with Gasteiger partial charge in [-0.2, -0.15) is 0 Å². The normalized spacial score (nSPS) is 15.2. The highest BCUT2D eigenvalue weighted by atomic mass is 35.5. The van der Waals surface area contributed by atoms with Gasteiger partial charge in [0.2, 0.25) is 0 Å². The van der Waals surface area contributed by atoms with Crippen molar-refractivity contribution >= 4 is 17.5 Å². The molecular formula is C22H27ClN2O3. The van der Waals surface area contributed by atoms with Gasteiger partial charge >= 0.3 is 0 Å². The standard InChI is InChI=1S/C22H27ClN2O3/c1-16-7-4-5-8-17(16)15-24-9-6-10-25(12-11-24)22(26)18-13-19(23)21(28-3)20(14-18)27-2/h4-5,7-8,13-14H,6,9-12,15H2,1-3H3. The van der Waals surface area contributed by atoms with Gasteiger partial charge in [0.1, 0.15) is 0 Å². The summed E-state index contributed by atoms with van der Waals surface area (Å²) in [6, 6.07) is 11.8. The van der Waals surface area contributed by atoms with Gasteiger partial charge in [-0.3, -0.25) is 9.69 Å². The van der Waals surface area contributed by atoms with E-state index in [0.29, 0.717) is 28.6 Å². The fourth-order valence-corrected chi connectivity index (χ4v) is 3.87. The summed E-state index contributed by atoms with van der Waals surface area (Å²) in [5.41, 5.74) is 3.17. The van der Waals surface area contributed by atoms with E-state index in [1.807, 2.05) is 4.90 Å². The van der Waals surface area contributed by atoms with Crippen molar-refractivity contribution in [2.24, 2.45) is 0 Å². The van der Waals surface area contributed by atoms with Crippen LogP contribution in [0.25, 0.3) is 0 Å². The number of methoxy groups -OCH3 is 2. The Morgan fingerprint density at radius 2 is 1.86 bits per heavy atom. The first-order valence-electron chi connectivity index (χ1n) is 9.51. The summed E-state index contributed by atoms with van der Waals surface area (Å²) < 4.78 is 10.6. The van der Waals surface area contributed by atoms with Crippen molar-refractivity contribution in [1.82, 2.24) is 9.80 Å². The summed E-state index contributed by atoms with van der Waals surface area (Å²) in [4.78, 5) is 17.4. The number of rotatable bonds is 5. The molecule has 1 aliphatic heterocycles. The maximum atomic E-state index is 13.0. The van der Waals surface area contributed by atoms with Crippen LogP contribution in [0, 0.1) is 6.92 Å². The minimum Gasteiger partial charge on any atom is -0.493 e. The molecule has 1 saturated heterocycles. The number of halogens is 1. The highest BCUT2D eigenvalue weighted by molar-refractivity contribution is 6.32. The van der Waals surface area contributed by atoms with Gasteiger partial charge in [-0.15, -0.1) is 0 Å². The molecule has 0 spiro atoms.